The SMILES string of the molecule is CCOc1ccc(CCCNS(=O)(=O)c2ccc(N3CCCC3=O)cc2)cc1. The van der Waals surface area contributed by atoms with Crippen LogP contribution in [0.3, 0.4) is 0 Å². The molecule has 3 rings (SSSR count). The molecule has 0 bridgehead atoms. The second-order valence-electron chi connectivity index (χ2n) is 6.72. The van der Waals surface area contributed by atoms with E-state index < -0.39 is 10.0 Å². The van der Waals surface area contributed by atoms with Crippen LogP contribution in [0, 0.1) is 0 Å². The van der Waals surface area contributed by atoms with Gasteiger partial charge in [-0.15, -0.1) is 0 Å². The zero-order valence-corrected chi connectivity index (χ0v) is 16.9. The van der Waals surface area contributed by atoms with E-state index in [4.69, 9.17) is 4.74 Å². The van der Waals surface area contributed by atoms with E-state index in [9.17, 15) is 13.2 Å². The van der Waals surface area contributed by atoms with Gasteiger partial charge in [0.05, 0.1) is 11.5 Å². The Morgan fingerprint density at radius 1 is 1.07 bits per heavy atom. The first kappa shape index (κ1) is 20.4. The first-order chi connectivity index (χ1) is 13.5. The highest BCUT2D eigenvalue weighted by Crippen LogP contribution is 2.23. The molecule has 0 unspecified atom stereocenters. The smallest absolute Gasteiger partial charge is 0.240 e. The van der Waals surface area contributed by atoms with Gasteiger partial charge in [-0.1, -0.05) is 12.1 Å². The molecular weight excluding hydrogens is 376 g/mol. The van der Waals surface area contributed by atoms with E-state index in [0.717, 1.165) is 29.8 Å². The fraction of sp³-hybridized carbons (Fsp3) is 0.381. The third-order valence-electron chi connectivity index (χ3n) is 4.70. The molecule has 1 saturated heterocycles. The molecule has 0 spiro atoms. The predicted octanol–water partition coefficient (Wildman–Crippen LogP) is 3.12. The molecule has 2 aromatic carbocycles. The number of carbonyl (C=O) groups is 1. The van der Waals surface area contributed by atoms with Crippen molar-refractivity contribution in [2.24, 2.45) is 0 Å². The van der Waals surface area contributed by atoms with Crippen LogP contribution < -0.4 is 14.4 Å². The van der Waals surface area contributed by atoms with Gasteiger partial charge in [0.15, 0.2) is 0 Å². The lowest BCUT2D eigenvalue weighted by Crippen LogP contribution is -2.26. The Kier molecular flexibility index (Phi) is 6.70. The number of rotatable bonds is 9. The van der Waals surface area contributed by atoms with Gasteiger partial charge in [0, 0.05) is 25.2 Å². The highest BCUT2D eigenvalue weighted by atomic mass is 32.2. The summed E-state index contributed by atoms with van der Waals surface area (Å²) < 4.78 is 33.0. The molecule has 0 aromatic heterocycles. The Bertz CT molecular complexity index is 893. The van der Waals surface area contributed by atoms with Gasteiger partial charge in [-0.3, -0.25) is 4.79 Å². The van der Waals surface area contributed by atoms with Gasteiger partial charge in [-0.05, 0) is 68.1 Å². The Morgan fingerprint density at radius 2 is 1.79 bits per heavy atom. The van der Waals surface area contributed by atoms with Crippen LogP contribution in [0.4, 0.5) is 5.69 Å². The van der Waals surface area contributed by atoms with Gasteiger partial charge in [0.25, 0.3) is 0 Å². The quantitative estimate of drug-likeness (QED) is 0.654. The summed E-state index contributed by atoms with van der Waals surface area (Å²) in [4.78, 5) is 13.7. The van der Waals surface area contributed by atoms with Crippen molar-refractivity contribution in [2.45, 2.75) is 37.5 Å². The van der Waals surface area contributed by atoms with Crippen molar-refractivity contribution in [3.8, 4) is 5.75 Å². The molecule has 0 saturated carbocycles. The first-order valence-corrected chi connectivity index (χ1v) is 11.1. The van der Waals surface area contributed by atoms with Gasteiger partial charge < -0.3 is 9.64 Å². The summed E-state index contributed by atoms with van der Waals surface area (Å²) in [5, 5.41) is 0. The average Bonchev–Trinajstić information content (AvgIpc) is 3.13. The minimum Gasteiger partial charge on any atom is -0.494 e. The second kappa shape index (κ2) is 9.21. The molecule has 6 nitrogen and oxygen atoms in total. The number of ether oxygens (including phenoxy) is 1. The number of hydrogen-bond donors (Lipinski definition) is 1. The molecule has 150 valence electrons. The van der Waals surface area contributed by atoms with Gasteiger partial charge >= 0.3 is 0 Å². The van der Waals surface area contributed by atoms with Crippen molar-refractivity contribution in [3.05, 3.63) is 54.1 Å². The standard InChI is InChI=1S/C21H26N2O4S/c1-2-27-19-11-7-17(8-12-19)5-3-15-22-28(25,26)20-13-9-18(10-14-20)23-16-4-6-21(23)24/h7-14,22H,2-6,15-16H2,1H3. The van der Waals surface area contributed by atoms with Gasteiger partial charge in [0.2, 0.25) is 15.9 Å². The zero-order valence-electron chi connectivity index (χ0n) is 16.1. The van der Waals surface area contributed by atoms with E-state index in [1.165, 1.54) is 0 Å². The minimum atomic E-state index is -3.56. The van der Waals surface area contributed by atoms with Gasteiger partial charge in [-0.25, -0.2) is 13.1 Å². The average molecular weight is 403 g/mol. The molecule has 0 aliphatic carbocycles. The number of anilines is 1. The number of carbonyl (C=O) groups excluding carboxylic acids is 1. The number of benzene rings is 2. The highest BCUT2D eigenvalue weighted by Gasteiger charge is 2.22. The molecule has 1 amide bonds. The van der Waals surface area contributed by atoms with E-state index in [1.807, 2.05) is 31.2 Å². The summed E-state index contributed by atoms with van der Waals surface area (Å²) in [6.07, 6.45) is 2.88. The van der Waals surface area contributed by atoms with Crippen molar-refractivity contribution < 1.29 is 17.9 Å². The monoisotopic (exact) mass is 402 g/mol. The topological polar surface area (TPSA) is 75.7 Å². The molecule has 1 N–H and O–H groups in total. The van der Waals surface area contributed by atoms with E-state index in [-0.39, 0.29) is 10.8 Å². The highest BCUT2D eigenvalue weighted by molar-refractivity contribution is 7.89. The van der Waals surface area contributed by atoms with Crippen LogP contribution in [0.5, 0.6) is 5.75 Å². The largest absolute Gasteiger partial charge is 0.494 e. The summed E-state index contributed by atoms with van der Waals surface area (Å²) >= 11 is 0. The predicted molar refractivity (Wildman–Crippen MR) is 109 cm³/mol. The van der Waals surface area contributed by atoms with Crippen molar-refractivity contribution in [1.82, 2.24) is 4.72 Å². The van der Waals surface area contributed by atoms with Crippen LogP contribution in [0.1, 0.15) is 31.7 Å². The maximum absolute atomic E-state index is 12.4. The summed E-state index contributed by atoms with van der Waals surface area (Å²) in [6.45, 7) is 3.63. The molecule has 0 radical (unpaired) electrons. The third kappa shape index (κ3) is 5.11. The minimum absolute atomic E-state index is 0.0861. The van der Waals surface area contributed by atoms with Gasteiger partial charge in [0.1, 0.15) is 5.75 Å². The molecule has 0 atom stereocenters. The fourth-order valence-electron chi connectivity index (χ4n) is 3.23. The molecule has 7 heteroatoms. The van der Waals surface area contributed by atoms with Crippen molar-refractivity contribution in [3.63, 3.8) is 0 Å². The number of hydrogen-bond acceptors (Lipinski definition) is 4. The van der Waals surface area contributed by atoms with Gasteiger partial charge in [-0.2, -0.15) is 0 Å². The summed E-state index contributed by atoms with van der Waals surface area (Å²) in [6, 6.07) is 14.3. The first-order valence-electron chi connectivity index (χ1n) is 9.61. The number of sulfonamides is 1. The van der Waals surface area contributed by atoms with Crippen LogP contribution in [-0.4, -0.2) is 34.0 Å². The Balaban J connectivity index is 1.50. The molecular formula is C21H26N2O4S. The van der Waals surface area contributed by atoms with Crippen molar-refractivity contribution in [2.75, 3.05) is 24.6 Å². The lowest BCUT2D eigenvalue weighted by atomic mass is 10.1. The number of nitrogens with zero attached hydrogens (tertiary/aromatic N) is 1. The molecule has 28 heavy (non-hydrogen) atoms. The Hall–Kier alpha value is -2.38. The maximum atomic E-state index is 12.4. The Labute approximate surface area is 166 Å². The lowest BCUT2D eigenvalue weighted by Gasteiger charge is -2.16. The van der Waals surface area contributed by atoms with Crippen LogP contribution in [0.2, 0.25) is 0 Å². The van der Waals surface area contributed by atoms with Crippen molar-refractivity contribution in [1.29, 1.82) is 0 Å². The normalized spacial score (nSPS) is 14.5. The zero-order chi connectivity index (χ0) is 20.0. The molecule has 1 fully saturated rings. The molecule has 1 heterocycles. The summed E-state index contributed by atoms with van der Waals surface area (Å²) in [7, 11) is -3.56. The number of aryl methyl sites for hydroxylation is 1. The number of amides is 1. The summed E-state index contributed by atoms with van der Waals surface area (Å²) in [5.41, 5.74) is 1.89. The number of nitrogens with one attached hydrogen (secondary N) is 1. The van der Waals surface area contributed by atoms with Crippen LogP contribution in [-0.2, 0) is 21.2 Å². The van der Waals surface area contributed by atoms with E-state index in [1.54, 1.807) is 29.2 Å². The van der Waals surface area contributed by atoms with E-state index >= 15 is 0 Å². The van der Waals surface area contributed by atoms with Crippen LogP contribution in [0.25, 0.3) is 0 Å². The van der Waals surface area contributed by atoms with Crippen molar-refractivity contribution >= 4 is 21.6 Å². The lowest BCUT2D eigenvalue weighted by molar-refractivity contribution is -0.117. The summed E-state index contributed by atoms with van der Waals surface area (Å²) in [5.74, 6) is 0.925. The van der Waals surface area contributed by atoms with Crippen LogP contribution in [0.15, 0.2) is 53.4 Å². The third-order valence-corrected chi connectivity index (χ3v) is 6.18. The maximum Gasteiger partial charge on any atom is 0.240 e. The van der Waals surface area contributed by atoms with E-state index in [2.05, 4.69) is 4.72 Å². The molecule has 2 aromatic rings. The molecule has 1 aliphatic rings. The fourth-order valence-corrected chi connectivity index (χ4v) is 4.30. The molecule has 1 aliphatic heterocycles. The Morgan fingerprint density at radius 3 is 2.39 bits per heavy atom. The van der Waals surface area contributed by atoms with Crippen LogP contribution >= 0.6 is 0 Å². The second-order valence-corrected chi connectivity index (χ2v) is 8.49. The van der Waals surface area contributed by atoms with E-state index in [0.29, 0.717) is 32.5 Å².